The first-order valence-electron chi connectivity index (χ1n) is 17.1. The number of rotatable bonds is 6. The molecule has 0 saturated carbocycles. The maximum atomic E-state index is 10.2. The fourth-order valence-corrected chi connectivity index (χ4v) is 3.82. The Morgan fingerprint density at radius 1 is 0.679 bits per heavy atom. The summed E-state index contributed by atoms with van der Waals surface area (Å²) < 4.78 is 0. The summed E-state index contributed by atoms with van der Waals surface area (Å²) in [4.78, 5) is 10.2. The number of carbonyl (C=O) groups is 1. The van der Waals surface area contributed by atoms with E-state index in [9.17, 15) is 4.79 Å². The quantitative estimate of drug-likeness (QED) is 0.116. The van der Waals surface area contributed by atoms with Crippen molar-refractivity contribution in [2.45, 2.75) is 125 Å². The molecule has 0 atom stereocenters. The van der Waals surface area contributed by atoms with E-state index in [2.05, 4.69) is 206 Å². The van der Waals surface area contributed by atoms with Crippen LogP contribution in [0.15, 0.2) is 91.5 Å². The molecule has 0 fully saturated rings. The van der Waals surface area contributed by atoms with Crippen LogP contribution < -0.4 is 0 Å². The van der Waals surface area contributed by atoms with Crippen molar-refractivity contribution in [3.05, 3.63) is 119 Å². The summed E-state index contributed by atoms with van der Waals surface area (Å²) in [6.07, 6.45) is 6.79. The monoisotopic (exact) mass is 1190 g/mol. The van der Waals surface area contributed by atoms with Crippen molar-refractivity contribution in [2.24, 2.45) is 5.92 Å². The zero-order valence-corrected chi connectivity index (χ0v) is 45.5. The zero-order valence-electron chi connectivity index (χ0n) is 34.3. The van der Waals surface area contributed by atoms with E-state index in [1.807, 2.05) is 6.08 Å². The molecule has 0 amide bonds. The van der Waals surface area contributed by atoms with Crippen LogP contribution in [-0.2, 0) is 46.2 Å². The second-order valence-electron chi connectivity index (χ2n) is 14.9. The van der Waals surface area contributed by atoms with Crippen LogP contribution in [0.5, 0.6) is 0 Å². The van der Waals surface area contributed by atoms with E-state index >= 15 is 0 Å². The molecule has 0 unspecified atom stereocenters. The van der Waals surface area contributed by atoms with Crippen LogP contribution in [0, 0.1) is 5.92 Å². The van der Waals surface area contributed by atoms with E-state index in [-0.39, 0.29) is 40.3 Å². The number of halogens is 7. The summed E-state index contributed by atoms with van der Waals surface area (Å²) >= 11 is 1.13. The van der Waals surface area contributed by atoms with Crippen molar-refractivity contribution in [2.75, 3.05) is 7.11 Å². The second kappa shape index (κ2) is 37.3. The topological polar surface area (TPSA) is 68.8 Å². The normalized spacial score (nSPS) is 10.2. The van der Waals surface area contributed by atoms with Gasteiger partial charge < -0.3 is 15.4 Å². The van der Waals surface area contributed by atoms with Gasteiger partial charge >= 0.3 is 49.6 Å². The van der Waals surface area contributed by atoms with E-state index in [4.69, 9.17) is 42.3 Å². The van der Waals surface area contributed by atoms with Crippen LogP contribution in [0.2, 0.25) is 0 Å². The van der Waals surface area contributed by atoms with Crippen LogP contribution in [0.3, 0.4) is 0 Å². The fraction of sp³-hybridized carbons (Fsp3) is 0.500. The summed E-state index contributed by atoms with van der Waals surface area (Å²) in [5, 5.41) is 7.00. The minimum absolute atomic E-state index is 0. The Kier molecular flexibility index (Phi) is 46.4. The molecule has 3 rings (SSSR count). The first-order valence-corrected chi connectivity index (χ1v) is 32.0. The molecule has 3 aromatic carbocycles. The first kappa shape index (κ1) is 65.9. The summed E-state index contributed by atoms with van der Waals surface area (Å²) in [6, 6.07) is 28.0. The maximum absolute atomic E-state index is 10.2. The number of aliphatic hydroxyl groups is 1. The van der Waals surface area contributed by atoms with Gasteiger partial charge in [0.1, 0.15) is 6.29 Å². The molecular weight excluding hydrogens is 1120 g/mol. The Morgan fingerprint density at radius 3 is 1.34 bits per heavy atom. The van der Waals surface area contributed by atoms with Crippen molar-refractivity contribution < 1.29 is 27.7 Å². The molecule has 0 bridgehead atoms. The third kappa shape index (κ3) is 44.0. The Balaban J connectivity index is -0.000000132. The van der Waals surface area contributed by atoms with Gasteiger partial charge in [-0.1, -0.05) is 174 Å². The molecule has 3 nitrogen and oxygen atoms in total. The van der Waals surface area contributed by atoms with E-state index in [1.54, 1.807) is 0 Å². The number of carbonyl (C=O) groups excluding carboxylic acids is 1. The van der Waals surface area contributed by atoms with Gasteiger partial charge in [-0.2, -0.15) is 0 Å². The fourth-order valence-electron chi connectivity index (χ4n) is 3.82. The average molecular weight is 1190 g/mol. The number of benzene rings is 3. The molecule has 0 aromatic heterocycles. The minimum atomic E-state index is -3.11. The Labute approximate surface area is 385 Å². The predicted octanol–water partition coefficient (Wildman–Crippen LogP) is 15.8. The van der Waals surface area contributed by atoms with Crippen molar-refractivity contribution in [3.63, 3.8) is 0 Å². The van der Waals surface area contributed by atoms with Gasteiger partial charge in [-0.25, -0.2) is 0 Å². The van der Waals surface area contributed by atoms with Gasteiger partial charge in [-0.15, -0.1) is 30.6 Å². The molecule has 53 heavy (non-hydrogen) atoms. The van der Waals surface area contributed by atoms with Gasteiger partial charge in [0.2, 0.25) is 0 Å². The molecular formula is C42H69Cl4I3O3Ti. The van der Waals surface area contributed by atoms with Crippen molar-refractivity contribution in [1.82, 2.24) is 0 Å². The Bertz CT molecular complexity index is 1250. The molecule has 0 heterocycles. The first-order chi connectivity index (χ1) is 23.4. The third-order valence-electron chi connectivity index (χ3n) is 6.81. The molecule has 0 aliphatic rings. The molecule has 0 radical (unpaired) electrons. The van der Waals surface area contributed by atoms with Gasteiger partial charge in [0, 0.05) is 50.8 Å². The van der Waals surface area contributed by atoms with Crippen LogP contribution >= 0.6 is 98.4 Å². The number of allylic oxidation sites excluding steroid dienone is 1. The molecule has 3 aromatic rings. The number of hydrogen-bond acceptors (Lipinski definition) is 2. The number of hydrogen-bond donors (Lipinski definition) is 1. The molecule has 0 saturated heterocycles. The standard InChI is InChI=1S/C13H18O.C13H20.C10H14.C5H10.CH4O.4ClH.I2.HI.H2O.Ti/c1-13(2,3)12-8-6-11(7-9-12)5-4-10-14;1-5-7-11-8-6-9-12(10-11)13(2,3)4;1-10(2,3)9-7-5-4-6-8-9;1-4-5(2)3;1-2;;;;;1-2;;;/h6-10H,4-5H2,1-3H3;6,8-10H,5,7H2,1-4H3;4-8H,1-3H3;4-5H,1H2,2-3H3;2H,1H3;4*1H;;1H;1H2;/q;;;;;;;;;;;;+4/p-4. The summed E-state index contributed by atoms with van der Waals surface area (Å²) in [7, 11) is 21.1. The Hall–Kier alpha value is 1.05. The Morgan fingerprint density at radius 2 is 1.04 bits per heavy atom. The van der Waals surface area contributed by atoms with Crippen molar-refractivity contribution >= 4 is 105 Å². The molecule has 308 valence electrons. The van der Waals surface area contributed by atoms with Crippen LogP contribution in [0.25, 0.3) is 0 Å². The third-order valence-corrected chi connectivity index (χ3v) is 6.81. The van der Waals surface area contributed by atoms with E-state index in [0.29, 0.717) is 17.8 Å². The molecule has 0 aliphatic carbocycles. The second-order valence-corrected chi connectivity index (χ2v) is 30.4. The number of aldehydes is 1. The van der Waals surface area contributed by atoms with E-state index in [0.717, 1.165) is 19.8 Å². The zero-order chi connectivity index (χ0) is 40.9. The number of aryl methyl sites for hydroxylation is 2. The number of aliphatic hydroxyl groups excluding tert-OH is 1. The predicted molar refractivity (Wildman–Crippen MR) is 267 cm³/mol. The SMILES string of the molecule is C=CC(C)C.CC(C)(C)c1ccc(CCC=O)cc1.CC(C)(C)c1ccccc1.CCCc1cccc(C(C)(C)C)c1.CO.I.II.O.[Cl][Ti]([Cl])([Cl])[Cl]. The van der Waals surface area contributed by atoms with Crippen LogP contribution in [-0.4, -0.2) is 24.0 Å². The summed E-state index contributed by atoms with van der Waals surface area (Å²) in [5.41, 5.74) is 7.68. The van der Waals surface area contributed by atoms with Gasteiger partial charge in [0.25, 0.3) is 0 Å². The summed E-state index contributed by atoms with van der Waals surface area (Å²) in [6.45, 7) is 30.1. The molecule has 0 spiro atoms. The van der Waals surface area contributed by atoms with Gasteiger partial charge in [-0.05, 0) is 62.8 Å². The molecule has 3 N–H and O–H groups in total. The van der Waals surface area contributed by atoms with Gasteiger partial charge in [-0.3, -0.25) is 0 Å². The molecule has 11 heteroatoms. The van der Waals surface area contributed by atoms with E-state index < -0.39 is 12.3 Å². The molecule has 0 aliphatic heterocycles. The van der Waals surface area contributed by atoms with Gasteiger partial charge in [0.15, 0.2) is 0 Å². The average Bonchev–Trinajstić information content (AvgIpc) is 3.05. The summed E-state index contributed by atoms with van der Waals surface area (Å²) in [5.74, 6) is 0.648. The van der Waals surface area contributed by atoms with Crippen molar-refractivity contribution in [3.8, 4) is 0 Å². The van der Waals surface area contributed by atoms with E-state index in [1.165, 1.54) is 40.7 Å². The van der Waals surface area contributed by atoms with Crippen LogP contribution in [0.1, 0.15) is 124 Å². The van der Waals surface area contributed by atoms with Gasteiger partial charge in [0.05, 0.1) is 0 Å². The van der Waals surface area contributed by atoms with Crippen molar-refractivity contribution in [1.29, 1.82) is 0 Å². The van der Waals surface area contributed by atoms with Crippen LogP contribution in [0.4, 0.5) is 0 Å².